The molecule has 0 radical (unpaired) electrons. The number of hydrogen-bond acceptors (Lipinski definition) is 10. The molecule has 3 heterocycles. The summed E-state index contributed by atoms with van der Waals surface area (Å²) in [6.07, 6.45) is 1.84. The number of piperazine rings is 1. The molecule has 1 aliphatic heterocycles. The molecule has 10 nitrogen and oxygen atoms in total. The Labute approximate surface area is 188 Å². The van der Waals surface area contributed by atoms with Crippen LogP contribution in [-0.4, -0.2) is 71.4 Å². The summed E-state index contributed by atoms with van der Waals surface area (Å²) in [6.45, 7) is 4.85. The topological polar surface area (TPSA) is 118 Å². The lowest BCUT2D eigenvalue weighted by molar-refractivity contribution is -0.145. The summed E-state index contributed by atoms with van der Waals surface area (Å²) in [4.78, 5) is 39.5. The van der Waals surface area contributed by atoms with Crippen molar-refractivity contribution in [2.24, 2.45) is 0 Å². The Morgan fingerprint density at radius 2 is 2.03 bits per heavy atom. The van der Waals surface area contributed by atoms with Crippen LogP contribution in [0.25, 0.3) is 0 Å². The minimum absolute atomic E-state index is 0.0400. The van der Waals surface area contributed by atoms with Crippen LogP contribution in [0.4, 0.5) is 5.13 Å². The van der Waals surface area contributed by atoms with E-state index in [2.05, 4.69) is 20.4 Å². The van der Waals surface area contributed by atoms with Gasteiger partial charge in [0.15, 0.2) is 4.34 Å². The average molecular weight is 468 g/mol. The van der Waals surface area contributed by atoms with Crippen molar-refractivity contribution in [3.05, 3.63) is 24.2 Å². The summed E-state index contributed by atoms with van der Waals surface area (Å²) in [5.41, 5.74) is 0. The van der Waals surface area contributed by atoms with Gasteiger partial charge in [-0.15, -0.1) is 10.2 Å². The molecule has 168 valence electrons. The van der Waals surface area contributed by atoms with E-state index in [1.54, 1.807) is 30.2 Å². The molecular formula is C19H25N5O5S2. The van der Waals surface area contributed by atoms with Crippen molar-refractivity contribution in [2.75, 3.05) is 43.4 Å². The van der Waals surface area contributed by atoms with E-state index in [1.165, 1.54) is 23.1 Å². The van der Waals surface area contributed by atoms with Crippen molar-refractivity contribution in [3.8, 4) is 0 Å². The Bertz CT molecular complexity index is 865. The molecule has 1 saturated heterocycles. The Kier molecular flexibility index (Phi) is 8.71. The van der Waals surface area contributed by atoms with E-state index in [-0.39, 0.29) is 36.4 Å². The molecule has 0 saturated carbocycles. The third-order valence-electron chi connectivity index (χ3n) is 4.51. The highest BCUT2D eigenvalue weighted by atomic mass is 32.2. The maximum Gasteiger partial charge on any atom is 0.306 e. The maximum absolute atomic E-state index is 12.3. The summed E-state index contributed by atoms with van der Waals surface area (Å²) in [6, 6.07) is 3.58. The van der Waals surface area contributed by atoms with Gasteiger partial charge in [0.2, 0.25) is 16.9 Å². The molecule has 0 atom stereocenters. The molecule has 0 spiro atoms. The van der Waals surface area contributed by atoms with Crippen molar-refractivity contribution in [1.29, 1.82) is 0 Å². The third kappa shape index (κ3) is 7.24. The highest BCUT2D eigenvalue weighted by Gasteiger charge is 2.24. The van der Waals surface area contributed by atoms with Crippen molar-refractivity contribution in [1.82, 2.24) is 20.4 Å². The molecule has 0 aliphatic carbocycles. The van der Waals surface area contributed by atoms with E-state index in [4.69, 9.17) is 9.15 Å². The van der Waals surface area contributed by atoms with Gasteiger partial charge in [0.25, 0.3) is 0 Å². The number of hydrogen-bond donors (Lipinski definition) is 1. The zero-order valence-electron chi connectivity index (χ0n) is 17.2. The van der Waals surface area contributed by atoms with Crippen LogP contribution in [0.15, 0.2) is 27.2 Å². The van der Waals surface area contributed by atoms with Gasteiger partial charge < -0.3 is 24.3 Å². The highest BCUT2D eigenvalue weighted by molar-refractivity contribution is 8.01. The second-order valence-electron chi connectivity index (χ2n) is 6.67. The first-order valence-electron chi connectivity index (χ1n) is 9.99. The first kappa shape index (κ1) is 23.1. The number of thioether (sulfide) groups is 1. The summed E-state index contributed by atoms with van der Waals surface area (Å²) < 4.78 is 10.8. The van der Waals surface area contributed by atoms with E-state index in [0.29, 0.717) is 45.1 Å². The van der Waals surface area contributed by atoms with Crippen LogP contribution in [0, 0.1) is 0 Å². The average Bonchev–Trinajstić information content (AvgIpc) is 3.47. The van der Waals surface area contributed by atoms with Crippen molar-refractivity contribution in [3.63, 3.8) is 0 Å². The number of esters is 1. The van der Waals surface area contributed by atoms with Gasteiger partial charge in [-0.3, -0.25) is 14.4 Å². The van der Waals surface area contributed by atoms with Gasteiger partial charge in [-0.25, -0.2) is 0 Å². The zero-order chi connectivity index (χ0) is 22.1. The predicted octanol–water partition coefficient (Wildman–Crippen LogP) is 1.53. The van der Waals surface area contributed by atoms with E-state index < -0.39 is 0 Å². The lowest BCUT2D eigenvalue weighted by atomic mass is 10.2. The normalized spacial score (nSPS) is 13.8. The van der Waals surface area contributed by atoms with E-state index in [9.17, 15) is 14.4 Å². The summed E-state index contributed by atoms with van der Waals surface area (Å²) in [7, 11) is 0. The van der Waals surface area contributed by atoms with Crippen LogP contribution in [0.3, 0.4) is 0 Å². The molecular weight excluding hydrogens is 442 g/mol. The number of rotatable bonds is 10. The Balaban J connectivity index is 1.37. The van der Waals surface area contributed by atoms with Crippen molar-refractivity contribution < 1.29 is 23.5 Å². The number of nitrogens with zero attached hydrogens (tertiary/aromatic N) is 4. The minimum Gasteiger partial charge on any atom is -0.467 e. The van der Waals surface area contributed by atoms with Gasteiger partial charge in [-0.05, 0) is 19.1 Å². The summed E-state index contributed by atoms with van der Waals surface area (Å²) in [5, 5.41) is 11.9. The molecule has 0 aromatic carbocycles. The second-order valence-corrected chi connectivity index (χ2v) is 8.85. The molecule has 2 aromatic heterocycles. The standard InChI is InChI=1S/C19H25N5O5S2/c1-2-28-17(27)6-5-16(26)23-7-9-24(10-8-23)18-21-22-19(31-18)30-13-15(25)20-12-14-4-3-11-29-14/h3-4,11H,2,5-10,12-13H2,1H3,(H,20,25). The lowest BCUT2D eigenvalue weighted by Crippen LogP contribution is -2.48. The fraction of sp³-hybridized carbons (Fsp3) is 0.526. The number of anilines is 1. The molecule has 31 heavy (non-hydrogen) atoms. The van der Waals surface area contributed by atoms with Crippen molar-refractivity contribution >= 4 is 46.0 Å². The predicted molar refractivity (Wildman–Crippen MR) is 116 cm³/mol. The third-order valence-corrected chi connectivity index (χ3v) is 6.63. The fourth-order valence-electron chi connectivity index (χ4n) is 2.91. The Hall–Kier alpha value is -2.60. The molecule has 3 rings (SSSR count). The molecule has 1 aliphatic rings. The van der Waals surface area contributed by atoms with Gasteiger partial charge in [0.05, 0.1) is 31.6 Å². The van der Waals surface area contributed by atoms with Crippen LogP contribution in [-0.2, 0) is 25.7 Å². The second kappa shape index (κ2) is 11.7. The number of aromatic nitrogens is 2. The molecule has 1 fully saturated rings. The molecule has 2 amide bonds. The fourth-order valence-corrected chi connectivity index (χ4v) is 4.64. The lowest BCUT2D eigenvalue weighted by Gasteiger charge is -2.34. The van der Waals surface area contributed by atoms with Crippen LogP contribution in [0.1, 0.15) is 25.5 Å². The smallest absolute Gasteiger partial charge is 0.306 e. The van der Waals surface area contributed by atoms with E-state index >= 15 is 0 Å². The molecule has 1 N–H and O–H groups in total. The Morgan fingerprint density at radius 3 is 2.74 bits per heavy atom. The summed E-state index contributed by atoms with van der Waals surface area (Å²) in [5.74, 6) is 0.464. The van der Waals surface area contributed by atoms with Gasteiger partial charge in [-0.1, -0.05) is 23.1 Å². The molecule has 0 bridgehead atoms. The monoisotopic (exact) mass is 467 g/mol. The van der Waals surface area contributed by atoms with Crippen LogP contribution in [0.2, 0.25) is 0 Å². The van der Waals surface area contributed by atoms with E-state index in [1.807, 2.05) is 0 Å². The minimum atomic E-state index is -0.344. The van der Waals surface area contributed by atoms with Crippen LogP contribution >= 0.6 is 23.1 Å². The Morgan fingerprint density at radius 1 is 1.23 bits per heavy atom. The largest absolute Gasteiger partial charge is 0.467 e. The highest BCUT2D eigenvalue weighted by Crippen LogP contribution is 2.28. The van der Waals surface area contributed by atoms with Crippen LogP contribution < -0.4 is 10.2 Å². The first-order valence-corrected chi connectivity index (χ1v) is 11.8. The molecule has 2 aromatic rings. The maximum atomic E-state index is 12.3. The van der Waals surface area contributed by atoms with Gasteiger partial charge >= 0.3 is 5.97 Å². The summed E-state index contributed by atoms with van der Waals surface area (Å²) >= 11 is 2.77. The number of furan rings is 1. The number of carbonyl (C=O) groups excluding carboxylic acids is 3. The molecule has 0 unspecified atom stereocenters. The number of amides is 2. The van der Waals surface area contributed by atoms with E-state index in [0.717, 1.165) is 9.47 Å². The number of ether oxygens (including phenoxy) is 1. The van der Waals surface area contributed by atoms with Crippen molar-refractivity contribution in [2.45, 2.75) is 30.6 Å². The quantitative estimate of drug-likeness (QED) is 0.410. The first-order chi connectivity index (χ1) is 15.0. The molecule has 12 heteroatoms. The number of carbonyl (C=O) groups is 3. The van der Waals surface area contributed by atoms with Gasteiger partial charge in [-0.2, -0.15) is 0 Å². The van der Waals surface area contributed by atoms with Crippen LogP contribution in [0.5, 0.6) is 0 Å². The van der Waals surface area contributed by atoms with Gasteiger partial charge in [0, 0.05) is 32.6 Å². The number of nitrogens with one attached hydrogen (secondary N) is 1. The zero-order valence-corrected chi connectivity index (χ0v) is 18.9. The van der Waals surface area contributed by atoms with Gasteiger partial charge in [0.1, 0.15) is 5.76 Å². The SMILES string of the molecule is CCOC(=O)CCC(=O)N1CCN(c2nnc(SCC(=O)NCc3ccco3)s2)CC1.